The summed E-state index contributed by atoms with van der Waals surface area (Å²) in [5.74, 6) is 0. The summed E-state index contributed by atoms with van der Waals surface area (Å²) in [4.78, 5) is 3.96. The number of hydrogen-bond donors (Lipinski definition) is 2. The van der Waals surface area contributed by atoms with Crippen LogP contribution in [0.25, 0.3) is 0 Å². The molecule has 0 aliphatic carbocycles. The first-order valence-corrected chi connectivity index (χ1v) is 5.72. The van der Waals surface area contributed by atoms with E-state index in [1.165, 1.54) is 19.3 Å². The summed E-state index contributed by atoms with van der Waals surface area (Å²) >= 11 is 0. The van der Waals surface area contributed by atoms with Gasteiger partial charge in [0.25, 0.3) is 0 Å². The fraction of sp³-hybridized carbons (Fsp3) is 0.583. The molecule has 0 saturated carbocycles. The van der Waals surface area contributed by atoms with Gasteiger partial charge in [-0.05, 0) is 31.7 Å². The van der Waals surface area contributed by atoms with Gasteiger partial charge in [0.05, 0.1) is 0 Å². The van der Waals surface area contributed by atoms with E-state index < -0.39 is 0 Å². The Morgan fingerprint density at radius 1 is 1.00 bits per heavy atom. The first-order valence-electron chi connectivity index (χ1n) is 5.72. The minimum absolute atomic E-state index is 1.07. The minimum atomic E-state index is 1.07. The monoisotopic (exact) mass is 207 g/mol. The molecule has 3 aliphatic rings. The molecule has 3 heteroatoms. The van der Waals surface area contributed by atoms with Crippen LogP contribution in [-0.2, 0) is 0 Å². The first-order chi connectivity index (χ1) is 7.50. The lowest BCUT2D eigenvalue weighted by molar-refractivity contribution is 0.892. The quantitative estimate of drug-likeness (QED) is 0.590. The second kappa shape index (κ2) is 9.46. The van der Waals surface area contributed by atoms with Gasteiger partial charge in [-0.1, -0.05) is 18.2 Å². The van der Waals surface area contributed by atoms with Gasteiger partial charge in [0.2, 0.25) is 0 Å². The lowest BCUT2D eigenvalue weighted by Crippen LogP contribution is -2.04. The number of nitrogens with zero attached hydrogens (tertiary/aromatic N) is 1. The van der Waals surface area contributed by atoms with Crippen LogP contribution in [0.5, 0.6) is 0 Å². The van der Waals surface area contributed by atoms with Crippen LogP contribution in [0.2, 0.25) is 0 Å². The van der Waals surface area contributed by atoms with Gasteiger partial charge in [0.15, 0.2) is 0 Å². The molecule has 0 amide bonds. The van der Waals surface area contributed by atoms with E-state index in [9.17, 15) is 0 Å². The number of hydrogen-bond acceptors (Lipinski definition) is 3. The van der Waals surface area contributed by atoms with Crippen LogP contribution in [-0.4, -0.2) is 32.4 Å². The van der Waals surface area contributed by atoms with Gasteiger partial charge in [-0.15, -0.1) is 0 Å². The van der Waals surface area contributed by atoms with E-state index in [-0.39, 0.29) is 0 Å². The molecule has 0 aromatic rings. The Morgan fingerprint density at radius 2 is 1.87 bits per heavy atom. The van der Waals surface area contributed by atoms with Crippen LogP contribution in [0.1, 0.15) is 19.3 Å². The average molecular weight is 207 g/mol. The number of aliphatic imine (C=N–C) groups is 1. The summed E-state index contributed by atoms with van der Waals surface area (Å²) in [6, 6.07) is 0. The lowest BCUT2D eigenvalue weighted by Gasteiger charge is -1.78. The zero-order valence-corrected chi connectivity index (χ0v) is 9.28. The van der Waals surface area contributed by atoms with Crippen molar-refractivity contribution < 1.29 is 0 Å². The van der Waals surface area contributed by atoms with Crippen LogP contribution in [0.15, 0.2) is 29.4 Å². The summed E-state index contributed by atoms with van der Waals surface area (Å²) < 4.78 is 0. The molecule has 0 unspecified atom stereocenters. The molecule has 3 nitrogen and oxygen atoms in total. The zero-order chi connectivity index (χ0) is 10.6. The van der Waals surface area contributed by atoms with Gasteiger partial charge in [-0.2, -0.15) is 0 Å². The van der Waals surface area contributed by atoms with Crippen molar-refractivity contribution in [3.63, 3.8) is 0 Å². The van der Waals surface area contributed by atoms with Crippen LogP contribution >= 0.6 is 0 Å². The van der Waals surface area contributed by atoms with Crippen LogP contribution in [0.4, 0.5) is 0 Å². The van der Waals surface area contributed by atoms with E-state index in [2.05, 4.69) is 33.9 Å². The van der Waals surface area contributed by atoms with E-state index in [1.807, 2.05) is 12.4 Å². The molecule has 0 spiro atoms. The third-order valence-electron chi connectivity index (χ3n) is 2.13. The number of rotatable bonds is 0. The second-order valence-electron chi connectivity index (χ2n) is 3.51. The molecule has 84 valence electrons. The molecular formula is C12H21N3. The maximum absolute atomic E-state index is 3.96. The van der Waals surface area contributed by atoms with Crippen molar-refractivity contribution in [1.29, 1.82) is 0 Å². The second-order valence-corrected chi connectivity index (χ2v) is 3.51. The van der Waals surface area contributed by atoms with Gasteiger partial charge in [-0.25, -0.2) is 0 Å². The maximum Gasteiger partial charge on any atom is 0.0388 e. The largest absolute Gasteiger partial charge is 0.391 e. The fourth-order valence-electron chi connectivity index (χ4n) is 1.29. The van der Waals surface area contributed by atoms with Gasteiger partial charge < -0.3 is 10.6 Å². The third-order valence-corrected chi connectivity index (χ3v) is 2.13. The summed E-state index contributed by atoms with van der Waals surface area (Å²) in [5, 5.41) is 6.15. The molecule has 0 atom stereocenters. The molecule has 0 aromatic carbocycles. The minimum Gasteiger partial charge on any atom is -0.391 e. The van der Waals surface area contributed by atoms with Crippen molar-refractivity contribution in [3.05, 3.63) is 24.4 Å². The molecule has 0 fully saturated rings. The van der Waals surface area contributed by atoms with E-state index in [1.54, 1.807) is 0 Å². The van der Waals surface area contributed by atoms with Crippen molar-refractivity contribution in [2.24, 2.45) is 4.99 Å². The molecule has 3 rings (SSSR count). The molecule has 3 heterocycles. The smallest absolute Gasteiger partial charge is 0.0388 e. The molecule has 0 bridgehead atoms. The first kappa shape index (κ1) is 12.0. The predicted octanol–water partition coefficient (Wildman–Crippen LogP) is 1.49. The summed E-state index contributed by atoms with van der Waals surface area (Å²) in [7, 11) is 0. The normalized spacial score (nSPS) is 20.3. The molecule has 0 radical (unpaired) electrons. The van der Waals surface area contributed by atoms with Crippen LogP contribution in [0.3, 0.4) is 0 Å². The summed E-state index contributed by atoms with van der Waals surface area (Å²) in [5.41, 5.74) is 0. The fourth-order valence-corrected chi connectivity index (χ4v) is 1.29. The Labute approximate surface area is 92.4 Å². The Bertz CT molecular complexity index is 163. The van der Waals surface area contributed by atoms with Gasteiger partial charge in [0, 0.05) is 26.2 Å². The van der Waals surface area contributed by atoms with Crippen molar-refractivity contribution in [1.82, 2.24) is 10.6 Å². The predicted molar refractivity (Wildman–Crippen MR) is 66.4 cm³/mol. The Hall–Kier alpha value is -1.09. The zero-order valence-electron chi connectivity index (χ0n) is 9.28. The van der Waals surface area contributed by atoms with E-state index in [4.69, 9.17) is 0 Å². The molecule has 0 saturated heterocycles. The highest BCUT2D eigenvalue weighted by Crippen LogP contribution is 1.92. The van der Waals surface area contributed by atoms with Crippen molar-refractivity contribution in [2.45, 2.75) is 19.3 Å². The Balaban J connectivity index is 0.000000112. The maximum atomic E-state index is 3.96. The van der Waals surface area contributed by atoms with Crippen molar-refractivity contribution in [3.8, 4) is 0 Å². The molecule has 3 aliphatic heterocycles. The van der Waals surface area contributed by atoms with Crippen molar-refractivity contribution in [2.75, 3.05) is 26.2 Å². The van der Waals surface area contributed by atoms with Gasteiger partial charge >= 0.3 is 0 Å². The molecular weight excluding hydrogens is 186 g/mol. The van der Waals surface area contributed by atoms with E-state index >= 15 is 0 Å². The molecule has 0 aromatic heterocycles. The highest BCUT2D eigenvalue weighted by atomic mass is 14.9. The number of nitrogens with one attached hydrogen (secondary N) is 2. The lowest BCUT2D eigenvalue weighted by atomic mass is 10.4. The van der Waals surface area contributed by atoms with Gasteiger partial charge in [-0.3, -0.25) is 4.99 Å². The van der Waals surface area contributed by atoms with Crippen LogP contribution < -0.4 is 10.6 Å². The Morgan fingerprint density at radius 3 is 2.07 bits per heavy atom. The topological polar surface area (TPSA) is 36.4 Å². The van der Waals surface area contributed by atoms with Crippen LogP contribution in [0, 0.1) is 0 Å². The van der Waals surface area contributed by atoms with E-state index in [0.717, 1.165) is 26.2 Å². The Kier molecular flexibility index (Phi) is 7.56. The summed E-state index contributed by atoms with van der Waals surface area (Å²) in [6.45, 7) is 4.35. The SMILES string of the molecule is C1=CCNC1.C1=CNCC1.C1=NCCC1. The van der Waals surface area contributed by atoms with E-state index in [0.29, 0.717) is 0 Å². The summed E-state index contributed by atoms with van der Waals surface area (Å²) in [6.07, 6.45) is 14.0. The van der Waals surface area contributed by atoms with Gasteiger partial charge in [0.1, 0.15) is 0 Å². The van der Waals surface area contributed by atoms with Crippen molar-refractivity contribution >= 4 is 6.21 Å². The molecule has 2 N–H and O–H groups in total. The molecule has 15 heavy (non-hydrogen) atoms. The third kappa shape index (κ3) is 7.94. The standard InChI is InChI=1S/3C4H7N/c3*1-2-4-5-3-1/h3H,1-2,4H2;1,3,5H,2,4H2;1-2,5H,3-4H2. The average Bonchev–Trinajstić information content (AvgIpc) is 3.09. The highest BCUT2D eigenvalue weighted by molar-refractivity contribution is 5.58. The highest BCUT2D eigenvalue weighted by Gasteiger charge is 1.86.